The zero-order valence-electron chi connectivity index (χ0n) is 8.24. The van der Waals surface area contributed by atoms with Crippen LogP contribution in [0.3, 0.4) is 0 Å². The van der Waals surface area contributed by atoms with Gasteiger partial charge in [-0.3, -0.25) is 4.68 Å². The minimum Gasteiger partial charge on any atom is -0.265 e. The second kappa shape index (κ2) is 3.83. The standard InChI is InChI=1S/C10H14N2S/c1-7(2)8(3)12-6-5-10(11-12)9(4)13/h5-6,8H,1H2,2-4H3. The summed E-state index contributed by atoms with van der Waals surface area (Å²) in [6.07, 6.45) is 1.94. The maximum atomic E-state index is 5.03. The molecule has 70 valence electrons. The quantitative estimate of drug-likeness (QED) is 0.418. The van der Waals surface area contributed by atoms with Crippen LogP contribution in [0.5, 0.6) is 0 Å². The number of aromatic nitrogens is 2. The Morgan fingerprint density at radius 2 is 2.23 bits per heavy atom. The highest BCUT2D eigenvalue weighted by Crippen LogP contribution is 2.13. The van der Waals surface area contributed by atoms with E-state index in [9.17, 15) is 0 Å². The van der Waals surface area contributed by atoms with Gasteiger partial charge >= 0.3 is 0 Å². The number of hydrogen-bond acceptors (Lipinski definition) is 2. The molecule has 0 aromatic carbocycles. The van der Waals surface area contributed by atoms with Crippen LogP contribution in [0, 0.1) is 0 Å². The zero-order valence-corrected chi connectivity index (χ0v) is 9.06. The minimum atomic E-state index is 0.239. The Bertz CT molecular complexity index is 338. The second-order valence-electron chi connectivity index (χ2n) is 3.26. The summed E-state index contributed by atoms with van der Waals surface area (Å²) < 4.78 is 1.88. The minimum absolute atomic E-state index is 0.239. The number of nitrogens with zero attached hydrogens (tertiary/aromatic N) is 2. The molecule has 2 nitrogen and oxygen atoms in total. The summed E-state index contributed by atoms with van der Waals surface area (Å²) in [6.45, 7) is 9.84. The fraction of sp³-hybridized carbons (Fsp3) is 0.400. The number of allylic oxidation sites excluding steroid dienone is 1. The molecule has 1 aromatic heterocycles. The third kappa shape index (κ3) is 2.25. The van der Waals surface area contributed by atoms with Gasteiger partial charge in [0.2, 0.25) is 0 Å². The zero-order chi connectivity index (χ0) is 10.0. The highest BCUT2D eigenvalue weighted by Gasteiger charge is 2.07. The van der Waals surface area contributed by atoms with E-state index in [0.717, 1.165) is 16.1 Å². The normalized spacial score (nSPS) is 12.5. The van der Waals surface area contributed by atoms with Crippen LogP contribution < -0.4 is 0 Å². The molecule has 3 heteroatoms. The van der Waals surface area contributed by atoms with E-state index >= 15 is 0 Å². The SMILES string of the molecule is C=C(C)C(C)n1ccc(C(C)=S)n1. The monoisotopic (exact) mass is 194 g/mol. The van der Waals surface area contributed by atoms with Gasteiger partial charge in [0.1, 0.15) is 0 Å². The molecule has 0 aliphatic rings. The van der Waals surface area contributed by atoms with Crippen molar-refractivity contribution in [3.05, 3.63) is 30.1 Å². The van der Waals surface area contributed by atoms with Crippen LogP contribution in [-0.4, -0.2) is 14.6 Å². The van der Waals surface area contributed by atoms with Gasteiger partial charge in [-0.05, 0) is 26.8 Å². The van der Waals surface area contributed by atoms with Crippen molar-refractivity contribution < 1.29 is 0 Å². The van der Waals surface area contributed by atoms with E-state index in [2.05, 4.69) is 18.6 Å². The molecule has 0 aliphatic heterocycles. The Labute approximate surface area is 84.3 Å². The summed E-state index contributed by atoms with van der Waals surface area (Å²) in [7, 11) is 0. The van der Waals surface area contributed by atoms with E-state index in [1.165, 1.54) is 0 Å². The predicted octanol–water partition coefficient (Wildman–Crippen LogP) is 2.76. The van der Waals surface area contributed by atoms with Gasteiger partial charge in [0.15, 0.2) is 0 Å². The summed E-state index contributed by atoms with van der Waals surface area (Å²) in [5.41, 5.74) is 1.97. The first-order chi connectivity index (χ1) is 6.02. The Morgan fingerprint density at radius 3 is 2.62 bits per heavy atom. The molecule has 0 saturated heterocycles. The third-order valence-electron chi connectivity index (χ3n) is 2.08. The first kappa shape index (κ1) is 10.1. The fourth-order valence-corrected chi connectivity index (χ4v) is 1.08. The van der Waals surface area contributed by atoms with Gasteiger partial charge in [-0.15, -0.1) is 0 Å². The van der Waals surface area contributed by atoms with Gasteiger partial charge in [0.05, 0.1) is 11.7 Å². The van der Waals surface area contributed by atoms with E-state index in [1.54, 1.807) is 0 Å². The second-order valence-corrected chi connectivity index (χ2v) is 3.87. The van der Waals surface area contributed by atoms with E-state index < -0.39 is 0 Å². The van der Waals surface area contributed by atoms with Crippen molar-refractivity contribution in [1.82, 2.24) is 9.78 Å². The van der Waals surface area contributed by atoms with E-state index in [1.807, 2.05) is 30.8 Å². The van der Waals surface area contributed by atoms with Crippen molar-refractivity contribution in [3.8, 4) is 0 Å². The van der Waals surface area contributed by atoms with Crippen LogP contribution in [0.25, 0.3) is 0 Å². The molecule has 13 heavy (non-hydrogen) atoms. The molecule has 0 saturated carbocycles. The molecular weight excluding hydrogens is 180 g/mol. The Balaban J connectivity index is 2.91. The van der Waals surface area contributed by atoms with Gasteiger partial charge in [-0.2, -0.15) is 5.10 Å². The molecule has 1 atom stereocenters. The number of thiocarbonyl (C=S) groups is 1. The first-order valence-electron chi connectivity index (χ1n) is 4.24. The number of rotatable bonds is 3. The molecule has 0 aliphatic carbocycles. The lowest BCUT2D eigenvalue weighted by atomic mass is 10.2. The molecular formula is C10H14N2S. The molecule has 0 spiro atoms. The molecule has 0 bridgehead atoms. The Kier molecular flexibility index (Phi) is 2.98. The maximum Gasteiger partial charge on any atom is 0.0987 e. The summed E-state index contributed by atoms with van der Waals surface area (Å²) in [6, 6.07) is 2.17. The summed E-state index contributed by atoms with van der Waals surface area (Å²) in [5, 5.41) is 4.35. The highest BCUT2D eigenvalue weighted by atomic mass is 32.1. The Morgan fingerprint density at radius 1 is 1.62 bits per heavy atom. The molecule has 1 rings (SSSR count). The molecule has 0 radical (unpaired) electrons. The van der Waals surface area contributed by atoms with Crippen molar-refractivity contribution in [2.45, 2.75) is 26.8 Å². The van der Waals surface area contributed by atoms with E-state index in [0.29, 0.717) is 0 Å². The molecule has 0 amide bonds. The molecule has 1 heterocycles. The molecule has 1 aromatic rings. The predicted molar refractivity (Wildman–Crippen MR) is 59.1 cm³/mol. The van der Waals surface area contributed by atoms with Gasteiger partial charge in [-0.1, -0.05) is 24.4 Å². The van der Waals surface area contributed by atoms with Crippen LogP contribution in [0.4, 0.5) is 0 Å². The third-order valence-corrected chi connectivity index (χ3v) is 2.29. The lowest BCUT2D eigenvalue weighted by molar-refractivity contribution is 0.555. The van der Waals surface area contributed by atoms with Crippen LogP contribution in [0.2, 0.25) is 0 Å². The fourth-order valence-electron chi connectivity index (χ4n) is 0.967. The lowest BCUT2D eigenvalue weighted by Crippen LogP contribution is -2.07. The summed E-state index contributed by atoms with van der Waals surface area (Å²) in [4.78, 5) is 0.827. The smallest absolute Gasteiger partial charge is 0.0987 e. The number of hydrogen-bond donors (Lipinski definition) is 0. The van der Waals surface area contributed by atoms with Crippen LogP contribution in [0.1, 0.15) is 32.5 Å². The highest BCUT2D eigenvalue weighted by molar-refractivity contribution is 7.80. The van der Waals surface area contributed by atoms with Crippen LogP contribution in [0.15, 0.2) is 24.4 Å². The largest absolute Gasteiger partial charge is 0.265 e. The van der Waals surface area contributed by atoms with Gasteiger partial charge < -0.3 is 0 Å². The van der Waals surface area contributed by atoms with Gasteiger partial charge in [0.25, 0.3) is 0 Å². The van der Waals surface area contributed by atoms with Crippen molar-refractivity contribution >= 4 is 17.1 Å². The van der Waals surface area contributed by atoms with Crippen molar-refractivity contribution in [3.63, 3.8) is 0 Å². The first-order valence-corrected chi connectivity index (χ1v) is 4.64. The van der Waals surface area contributed by atoms with Crippen molar-refractivity contribution in [1.29, 1.82) is 0 Å². The van der Waals surface area contributed by atoms with Gasteiger partial charge in [-0.25, -0.2) is 0 Å². The van der Waals surface area contributed by atoms with E-state index in [4.69, 9.17) is 12.2 Å². The summed E-state index contributed by atoms with van der Waals surface area (Å²) in [5.74, 6) is 0. The molecule has 0 fully saturated rings. The van der Waals surface area contributed by atoms with E-state index in [-0.39, 0.29) is 6.04 Å². The average Bonchev–Trinajstić information content (AvgIpc) is 2.50. The topological polar surface area (TPSA) is 17.8 Å². The lowest BCUT2D eigenvalue weighted by Gasteiger charge is -2.10. The molecule has 0 N–H and O–H groups in total. The molecule has 1 unspecified atom stereocenters. The van der Waals surface area contributed by atoms with Gasteiger partial charge in [0, 0.05) is 11.1 Å². The maximum absolute atomic E-state index is 5.03. The average molecular weight is 194 g/mol. The van der Waals surface area contributed by atoms with Crippen molar-refractivity contribution in [2.75, 3.05) is 0 Å². The summed E-state index contributed by atoms with van der Waals surface area (Å²) >= 11 is 5.03. The van der Waals surface area contributed by atoms with Crippen LogP contribution >= 0.6 is 12.2 Å². The Hall–Kier alpha value is -0.960. The van der Waals surface area contributed by atoms with Crippen LogP contribution in [-0.2, 0) is 0 Å². The van der Waals surface area contributed by atoms with Crippen molar-refractivity contribution in [2.24, 2.45) is 0 Å².